The zero-order valence-corrected chi connectivity index (χ0v) is 13.5. The minimum Gasteiger partial charge on any atom is -0.493 e. The molecule has 1 aliphatic rings. The van der Waals surface area contributed by atoms with Crippen molar-refractivity contribution < 1.29 is 9.13 Å². The van der Waals surface area contributed by atoms with Gasteiger partial charge < -0.3 is 10.1 Å². The summed E-state index contributed by atoms with van der Waals surface area (Å²) in [5.74, 6) is 0.872. The number of ether oxygens (including phenoxy) is 1. The molecule has 110 valence electrons. The van der Waals surface area contributed by atoms with Crippen molar-refractivity contribution in [2.45, 2.75) is 13.0 Å². The van der Waals surface area contributed by atoms with Crippen molar-refractivity contribution in [1.82, 2.24) is 9.55 Å². The molecule has 0 saturated heterocycles. The van der Waals surface area contributed by atoms with Gasteiger partial charge in [-0.2, -0.15) is 0 Å². The van der Waals surface area contributed by atoms with Crippen LogP contribution in [0, 0.1) is 9.39 Å². The number of halogens is 2. The summed E-state index contributed by atoms with van der Waals surface area (Å²) in [6.07, 6.45) is 2.20. The first-order valence-corrected chi connectivity index (χ1v) is 7.54. The van der Waals surface area contributed by atoms with Gasteiger partial charge in [-0.05, 0) is 34.7 Å². The first kappa shape index (κ1) is 14.3. The van der Waals surface area contributed by atoms with Gasteiger partial charge in [0, 0.05) is 37.3 Å². The lowest BCUT2D eigenvalue weighted by Crippen LogP contribution is -2.24. The van der Waals surface area contributed by atoms with Crippen LogP contribution in [-0.4, -0.2) is 16.2 Å². The molecule has 0 fully saturated rings. The van der Waals surface area contributed by atoms with Crippen LogP contribution < -0.4 is 15.6 Å². The summed E-state index contributed by atoms with van der Waals surface area (Å²) in [7, 11) is 1.63. The van der Waals surface area contributed by atoms with Gasteiger partial charge in [0.25, 0.3) is 5.56 Å². The number of nitrogens with one attached hydrogen (secondary N) is 1. The van der Waals surface area contributed by atoms with E-state index in [1.54, 1.807) is 13.1 Å². The van der Waals surface area contributed by atoms with Crippen molar-refractivity contribution in [3.63, 3.8) is 0 Å². The lowest BCUT2D eigenvalue weighted by Gasteiger charge is -2.12. The first-order valence-electron chi connectivity index (χ1n) is 6.46. The number of rotatable bonds is 3. The largest absolute Gasteiger partial charge is 0.493 e. The molecule has 21 heavy (non-hydrogen) atoms. The number of benzene rings is 1. The van der Waals surface area contributed by atoms with Gasteiger partial charge in [-0.15, -0.1) is 0 Å². The highest BCUT2D eigenvalue weighted by molar-refractivity contribution is 14.1. The highest BCUT2D eigenvalue weighted by atomic mass is 127. The molecule has 3 rings (SSSR count). The van der Waals surface area contributed by atoms with Gasteiger partial charge in [0.15, 0.2) is 0 Å². The van der Waals surface area contributed by atoms with Crippen LogP contribution in [0.15, 0.2) is 23.1 Å². The Morgan fingerprint density at radius 3 is 3.14 bits per heavy atom. The van der Waals surface area contributed by atoms with Crippen molar-refractivity contribution in [2.75, 3.05) is 11.9 Å². The summed E-state index contributed by atoms with van der Waals surface area (Å²) >= 11 is 1.94. The Bertz CT molecular complexity index is 761. The average molecular weight is 401 g/mol. The SMILES string of the molecule is Cn1c(NCc2c(F)ccc3c2CCO3)ncc(I)c1=O. The molecule has 7 heteroatoms. The fourth-order valence-electron chi connectivity index (χ4n) is 2.35. The molecule has 1 N–H and O–H groups in total. The van der Waals surface area contributed by atoms with Gasteiger partial charge in [-0.3, -0.25) is 9.36 Å². The molecule has 1 aliphatic heterocycles. The van der Waals surface area contributed by atoms with E-state index in [0.29, 0.717) is 28.1 Å². The smallest absolute Gasteiger partial charge is 0.268 e. The lowest BCUT2D eigenvalue weighted by molar-refractivity contribution is 0.356. The van der Waals surface area contributed by atoms with E-state index >= 15 is 0 Å². The summed E-state index contributed by atoms with van der Waals surface area (Å²) in [5, 5.41) is 3.02. The second kappa shape index (κ2) is 5.63. The molecule has 0 spiro atoms. The van der Waals surface area contributed by atoms with E-state index < -0.39 is 0 Å². The summed E-state index contributed by atoms with van der Waals surface area (Å²) in [4.78, 5) is 16.0. The van der Waals surface area contributed by atoms with E-state index in [2.05, 4.69) is 10.3 Å². The summed E-state index contributed by atoms with van der Waals surface area (Å²) in [6.45, 7) is 0.839. The fourth-order valence-corrected chi connectivity index (χ4v) is 2.86. The normalized spacial score (nSPS) is 12.9. The van der Waals surface area contributed by atoms with Gasteiger partial charge in [0.05, 0.1) is 10.2 Å². The van der Waals surface area contributed by atoms with E-state index in [0.717, 1.165) is 11.3 Å². The molecule has 0 atom stereocenters. The van der Waals surface area contributed by atoms with Crippen LogP contribution in [0.2, 0.25) is 0 Å². The summed E-state index contributed by atoms with van der Waals surface area (Å²) in [5.41, 5.74) is 1.33. The third kappa shape index (κ3) is 2.61. The van der Waals surface area contributed by atoms with Crippen LogP contribution in [0.25, 0.3) is 0 Å². The average Bonchev–Trinajstić information content (AvgIpc) is 2.94. The van der Waals surface area contributed by atoms with E-state index in [4.69, 9.17) is 4.74 Å². The Morgan fingerprint density at radius 1 is 1.52 bits per heavy atom. The molecule has 2 aromatic rings. The predicted molar refractivity (Wildman–Crippen MR) is 85.1 cm³/mol. The number of hydrogen-bond donors (Lipinski definition) is 1. The molecule has 0 amide bonds. The zero-order chi connectivity index (χ0) is 15.0. The number of nitrogens with zero attached hydrogens (tertiary/aromatic N) is 2. The Balaban J connectivity index is 1.88. The van der Waals surface area contributed by atoms with E-state index in [1.807, 2.05) is 22.6 Å². The maximum Gasteiger partial charge on any atom is 0.268 e. The second-order valence-electron chi connectivity index (χ2n) is 4.75. The van der Waals surface area contributed by atoms with Crippen LogP contribution >= 0.6 is 22.6 Å². The lowest BCUT2D eigenvalue weighted by atomic mass is 10.0. The van der Waals surface area contributed by atoms with Crippen LogP contribution in [0.1, 0.15) is 11.1 Å². The molecular formula is C14H13FIN3O2. The first-order chi connectivity index (χ1) is 10.1. The van der Waals surface area contributed by atoms with Crippen molar-refractivity contribution in [1.29, 1.82) is 0 Å². The van der Waals surface area contributed by atoms with Crippen LogP contribution in [0.4, 0.5) is 10.3 Å². The molecule has 0 unspecified atom stereocenters. The molecule has 5 nitrogen and oxygen atoms in total. The molecule has 0 radical (unpaired) electrons. The summed E-state index contributed by atoms with van der Waals surface area (Å²) < 4.78 is 21.4. The van der Waals surface area contributed by atoms with Crippen molar-refractivity contribution in [2.24, 2.45) is 7.05 Å². The van der Waals surface area contributed by atoms with Crippen molar-refractivity contribution >= 4 is 28.5 Å². The predicted octanol–water partition coefficient (Wildman–Crippen LogP) is 2.07. The highest BCUT2D eigenvalue weighted by Gasteiger charge is 2.19. The third-order valence-corrected chi connectivity index (χ3v) is 4.23. The number of aromatic nitrogens is 2. The Kier molecular flexibility index (Phi) is 3.83. The Morgan fingerprint density at radius 2 is 2.33 bits per heavy atom. The minimum absolute atomic E-state index is 0.129. The molecule has 1 aromatic heterocycles. The number of hydrogen-bond acceptors (Lipinski definition) is 4. The van der Waals surface area contributed by atoms with E-state index in [9.17, 15) is 9.18 Å². The van der Waals surface area contributed by atoms with E-state index in [1.165, 1.54) is 16.8 Å². The monoisotopic (exact) mass is 401 g/mol. The van der Waals surface area contributed by atoms with Gasteiger partial charge in [-0.25, -0.2) is 9.37 Å². The fraction of sp³-hybridized carbons (Fsp3) is 0.286. The van der Waals surface area contributed by atoms with Crippen LogP contribution in [-0.2, 0) is 20.0 Å². The number of fused-ring (bicyclic) bond motifs is 1. The summed E-state index contributed by atoms with van der Waals surface area (Å²) in [6, 6.07) is 3.06. The molecular weight excluding hydrogens is 388 g/mol. The second-order valence-corrected chi connectivity index (χ2v) is 5.91. The quantitative estimate of drug-likeness (QED) is 0.801. The van der Waals surface area contributed by atoms with Gasteiger partial charge in [0.2, 0.25) is 5.95 Å². The zero-order valence-electron chi connectivity index (χ0n) is 11.3. The highest BCUT2D eigenvalue weighted by Crippen LogP contribution is 2.30. The van der Waals surface area contributed by atoms with Gasteiger partial charge in [0.1, 0.15) is 11.6 Å². The topological polar surface area (TPSA) is 56.1 Å². The molecule has 1 aromatic carbocycles. The Hall–Kier alpha value is -1.64. The van der Waals surface area contributed by atoms with E-state index in [-0.39, 0.29) is 17.9 Å². The van der Waals surface area contributed by atoms with Crippen molar-refractivity contribution in [3.8, 4) is 5.75 Å². The minimum atomic E-state index is -0.276. The molecule has 0 saturated carbocycles. The van der Waals surface area contributed by atoms with Gasteiger partial charge in [-0.1, -0.05) is 0 Å². The molecule has 0 bridgehead atoms. The van der Waals surface area contributed by atoms with Crippen LogP contribution in [0.5, 0.6) is 5.75 Å². The maximum absolute atomic E-state index is 14.0. The van der Waals surface area contributed by atoms with Crippen molar-refractivity contribution in [3.05, 3.63) is 49.2 Å². The maximum atomic E-state index is 14.0. The number of anilines is 1. The molecule has 0 aliphatic carbocycles. The third-order valence-electron chi connectivity index (χ3n) is 3.49. The standard InChI is InChI=1S/C14H13FIN3O2/c1-19-13(20)11(16)7-18-14(19)17-6-9-8-4-5-21-12(8)3-2-10(9)15/h2-3,7H,4-6H2,1H3,(H,17,18). The van der Waals surface area contributed by atoms with Crippen LogP contribution in [0.3, 0.4) is 0 Å². The molecule has 2 heterocycles. The van der Waals surface area contributed by atoms with Gasteiger partial charge >= 0.3 is 0 Å². The Labute approximate surface area is 134 Å².